The van der Waals surface area contributed by atoms with E-state index in [-0.39, 0.29) is 11.2 Å². The first-order chi connectivity index (χ1) is 14.0. The van der Waals surface area contributed by atoms with E-state index in [2.05, 4.69) is 9.88 Å². The van der Waals surface area contributed by atoms with Gasteiger partial charge in [0.05, 0.1) is 16.5 Å². The van der Waals surface area contributed by atoms with E-state index in [0.29, 0.717) is 35.3 Å². The summed E-state index contributed by atoms with van der Waals surface area (Å²) in [6.07, 6.45) is 2.11. The number of para-hydroxylation sites is 1. The van der Waals surface area contributed by atoms with Crippen molar-refractivity contribution >= 4 is 22.5 Å². The van der Waals surface area contributed by atoms with E-state index >= 15 is 0 Å². The predicted molar refractivity (Wildman–Crippen MR) is 114 cm³/mol. The number of rotatable bonds is 5. The monoisotopic (exact) mass is 413 g/mol. The van der Waals surface area contributed by atoms with Crippen LogP contribution in [0.4, 0.5) is 0 Å². The Bertz CT molecular complexity index is 1110. The smallest absolute Gasteiger partial charge is 0.328 e. The van der Waals surface area contributed by atoms with Crippen molar-refractivity contribution in [2.24, 2.45) is 0 Å². The highest BCUT2D eigenvalue weighted by atomic mass is 35.5. The van der Waals surface area contributed by atoms with Gasteiger partial charge in [-0.3, -0.25) is 14.3 Å². The summed E-state index contributed by atoms with van der Waals surface area (Å²) in [7, 11) is 0. The lowest BCUT2D eigenvalue weighted by Gasteiger charge is -2.38. The molecule has 29 heavy (non-hydrogen) atoms. The van der Waals surface area contributed by atoms with Gasteiger partial charge in [0.1, 0.15) is 0 Å². The molecule has 3 aromatic rings. The van der Waals surface area contributed by atoms with Crippen molar-refractivity contribution in [2.45, 2.75) is 31.4 Å². The van der Waals surface area contributed by atoms with Crippen molar-refractivity contribution in [1.82, 2.24) is 14.5 Å². The number of nitrogens with one attached hydrogen (secondary N) is 1. The number of aromatic nitrogens is 2. The second kappa shape index (κ2) is 8.14. The molecular weight excluding hydrogens is 390 g/mol. The van der Waals surface area contributed by atoms with Gasteiger partial charge < -0.3 is 10.0 Å². The lowest BCUT2D eigenvalue weighted by Crippen LogP contribution is -2.43. The number of hydrogen-bond acceptors (Lipinski definition) is 4. The Morgan fingerprint density at radius 1 is 1.00 bits per heavy atom. The van der Waals surface area contributed by atoms with Crippen LogP contribution in [-0.4, -0.2) is 39.2 Å². The summed E-state index contributed by atoms with van der Waals surface area (Å²) in [4.78, 5) is 28.9. The van der Waals surface area contributed by atoms with Crippen LogP contribution in [0, 0.1) is 0 Å². The highest BCUT2D eigenvalue weighted by Crippen LogP contribution is 2.33. The molecule has 0 spiro atoms. The summed E-state index contributed by atoms with van der Waals surface area (Å²) in [6.45, 7) is 2.95. The van der Waals surface area contributed by atoms with Crippen molar-refractivity contribution in [3.8, 4) is 0 Å². The van der Waals surface area contributed by atoms with Crippen LogP contribution in [0.2, 0.25) is 5.02 Å². The van der Waals surface area contributed by atoms with Crippen molar-refractivity contribution < 1.29 is 5.11 Å². The molecule has 0 saturated carbocycles. The first-order valence-corrected chi connectivity index (χ1v) is 10.3. The maximum absolute atomic E-state index is 12.3. The predicted octanol–water partition coefficient (Wildman–Crippen LogP) is 2.72. The number of hydrogen-bond donors (Lipinski definition) is 2. The fraction of sp³-hybridized carbons (Fsp3) is 0.364. The molecule has 2 N–H and O–H groups in total. The van der Waals surface area contributed by atoms with Crippen molar-refractivity contribution in [3.05, 3.63) is 80.0 Å². The van der Waals surface area contributed by atoms with E-state index in [1.807, 2.05) is 30.3 Å². The number of H-pyrrole nitrogens is 1. The number of likely N-dealkylation sites (tertiary alicyclic amines) is 1. The molecule has 1 aromatic heterocycles. The van der Waals surface area contributed by atoms with E-state index in [4.69, 9.17) is 11.6 Å². The van der Waals surface area contributed by atoms with Gasteiger partial charge in [0.2, 0.25) is 0 Å². The largest absolute Gasteiger partial charge is 0.385 e. The molecule has 1 saturated heterocycles. The minimum absolute atomic E-state index is 0.348. The van der Waals surface area contributed by atoms with Crippen LogP contribution in [0.25, 0.3) is 10.9 Å². The third-order valence-electron chi connectivity index (χ3n) is 5.83. The number of piperidine rings is 1. The van der Waals surface area contributed by atoms with E-state index < -0.39 is 5.60 Å². The number of fused-ring (bicyclic) bond motifs is 1. The summed E-state index contributed by atoms with van der Waals surface area (Å²) < 4.78 is 1.63. The SMILES string of the molecule is O=c1[nH]c(=O)n(CCCN2CCC(O)(c3ccc(Cl)cc3)CC2)c2ccccc12. The molecule has 0 unspecified atom stereocenters. The van der Waals surface area contributed by atoms with Gasteiger partial charge in [-0.1, -0.05) is 35.9 Å². The average molecular weight is 414 g/mol. The van der Waals surface area contributed by atoms with Crippen molar-refractivity contribution in [1.29, 1.82) is 0 Å². The summed E-state index contributed by atoms with van der Waals surface area (Å²) in [5.41, 5.74) is 0.0429. The van der Waals surface area contributed by atoms with Gasteiger partial charge in [0.25, 0.3) is 5.56 Å². The van der Waals surface area contributed by atoms with E-state index in [9.17, 15) is 14.7 Å². The summed E-state index contributed by atoms with van der Waals surface area (Å²) >= 11 is 5.95. The molecule has 0 amide bonds. The quantitative estimate of drug-likeness (QED) is 0.674. The molecular formula is C22H24ClN3O3. The number of benzene rings is 2. The Kier molecular flexibility index (Phi) is 5.58. The van der Waals surface area contributed by atoms with Crippen molar-refractivity contribution in [2.75, 3.05) is 19.6 Å². The van der Waals surface area contributed by atoms with Crippen molar-refractivity contribution in [3.63, 3.8) is 0 Å². The fourth-order valence-electron chi connectivity index (χ4n) is 4.11. The molecule has 7 heteroatoms. The molecule has 6 nitrogen and oxygen atoms in total. The molecule has 2 aromatic carbocycles. The molecule has 0 aliphatic carbocycles. The molecule has 0 atom stereocenters. The zero-order valence-corrected chi connectivity index (χ0v) is 16.9. The maximum atomic E-state index is 12.3. The number of aromatic amines is 1. The highest BCUT2D eigenvalue weighted by molar-refractivity contribution is 6.30. The first kappa shape index (κ1) is 19.9. The Balaban J connectivity index is 1.37. The third kappa shape index (κ3) is 4.15. The van der Waals surface area contributed by atoms with Gasteiger partial charge in [-0.05, 0) is 55.6 Å². The minimum Gasteiger partial charge on any atom is -0.385 e. The van der Waals surface area contributed by atoms with Gasteiger partial charge in [-0.15, -0.1) is 0 Å². The topological polar surface area (TPSA) is 78.3 Å². The van der Waals surface area contributed by atoms with Crippen LogP contribution >= 0.6 is 11.6 Å². The van der Waals surface area contributed by atoms with Gasteiger partial charge in [-0.2, -0.15) is 0 Å². The molecule has 1 fully saturated rings. The number of aryl methyl sites for hydroxylation is 1. The summed E-state index contributed by atoms with van der Waals surface area (Å²) in [6, 6.07) is 14.6. The lowest BCUT2D eigenvalue weighted by molar-refractivity contribution is -0.0261. The van der Waals surface area contributed by atoms with Crippen LogP contribution < -0.4 is 11.2 Å². The van der Waals surface area contributed by atoms with Crippen LogP contribution in [0.3, 0.4) is 0 Å². The van der Waals surface area contributed by atoms with Crippen LogP contribution in [0.1, 0.15) is 24.8 Å². The number of aliphatic hydroxyl groups is 1. The molecule has 0 radical (unpaired) electrons. The summed E-state index contributed by atoms with van der Waals surface area (Å²) in [5.74, 6) is 0. The van der Waals surface area contributed by atoms with E-state index in [1.54, 1.807) is 22.8 Å². The fourth-order valence-corrected chi connectivity index (χ4v) is 4.24. The molecule has 1 aliphatic heterocycles. The molecule has 4 rings (SSSR count). The zero-order valence-electron chi connectivity index (χ0n) is 16.1. The van der Waals surface area contributed by atoms with Crippen LogP contribution in [0.15, 0.2) is 58.1 Å². The average Bonchev–Trinajstić information content (AvgIpc) is 2.72. The van der Waals surface area contributed by atoms with Gasteiger partial charge >= 0.3 is 5.69 Å². The number of halogens is 1. The van der Waals surface area contributed by atoms with E-state index in [0.717, 1.165) is 31.6 Å². The Hall–Kier alpha value is -2.41. The Labute approximate surface area is 173 Å². The normalized spacial score (nSPS) is 16.9. The first-order valence-electron chi connectivity index (χ1n) is 9.89. The van der Waals surface area contributed by atoms with Gasteiger partial charge in [0.15, 0.2) is 0 Å². The number of nitrogens with zero attached hydrogens (tertiary/aromatic N) is 2. The van der Waals surface area contributed by atoms with Crippen LogP contribution in [-0.2, 0) is 12.1 Å². The Morgan fingerprint density at radius 2 is 1.69 bits per heavy atom. The summed E-state index contributed by atoms with van der Waals surface area (Å²) in [5, 5.41) is 12.2. The minimum atomic E-state index is -0.812. The van der Waals surface area contributed by atoms with Gasteiger partial charge in [-0.25, -0.2) is 4.79 Å². The lowest BCUT2D eigenvalue weighted by atomic mass is 9.84. The second-order valence-electron chi connectivity index (χ2n) is 7.66. The molecule has 152 valence electrons. The zero-order chi connectivity index (χ0) is 20.4. The van der Waals surface area contributed by atoms with Gasteiger partial charge in [0, 0.05) is 24.7 Å². The highest BCUT2D eigenvalue weighted by Gasteiger charge is 2.33. The maximum Gasteiger partial charge on any atom is 0.328 e. The van der Waals surface area contributed by atoms with E-state index in [1.165, 1.54) is 0 Å². The Morgan fingerprint density at radius 3 is 2.41 bits per heavy atom. The second-order valence-corrected chi connectivity index (χ2v) is 8.10. The molecule has 0 bridgehead atoms. The molecule has 2 heterocycles. The standard InChI is InChI=1S/C22H24ClN3O3/c23-17-8-6-16(7-9-17)22(29)10-14-25(15-11-22)12-3-13-26-19-5-2-1-4-18(19)20(27)24-21(26)28/h1-2,4-9,29H,3,10-15H2,(H,24,27,28). The third-order valence-corrected chi connectivity index (χ3v) is 6.08. The molecule has 1 aliphatic rings. The van der Waals surface area contributed by atoms with Crippen LogP contribution in [0.5, 0.6) is 0 Å².